The monoisotopic (exact) mass is 717 g/mol. The van der Waals surface area contributed by atoms with Crippen LogP contribution in [0.4, 0.5) is 5.00 Å². The fourth-order valence-electron chi connectivity index (χ4n) is 3.87. The van der Waals surface area contributed by atoms with Gasteiger partial charge in [0.15, 0.2) is 0 Å². The summed E-state index contributed by atoms with van der Waals surface area (Å²) in [5.74, 6) is 3.18. The first-order valence-corrected chi connectivity index (χ1v) is 20.2. The van der Waals surface area contributed by atoms with E-state index in [-0.39, 0.29) is 9.92 Å². The molecule has 0 unspecified atom stereocenters. The van der Waals surface area contributed by atoms with Crippen molar-refractivity contribution >= 4 is 61.7 Å². The summed E-state index contributed by atoms with van der Waals surface area (Å²) in [5.41, 5.74) is 2.83. The molecule has 0 fully saturated rings. The minimum atomic E-state index is -0.351. The number of nitrogens with zero attached hydrogens (tertiary/aromatic N) is 1. The molecule has 0 aliphatic rings. The highest BCUT2D eigenvalue weighted by Gasteiger charge is 2.11. The van der Waals surface area contributed by atoms with Crippen LogP contribution in [0.3, 0.4) is 0 Å². The third-order valence-electron chi connectivity index (χ3n) is 6.55. The van der Waals surface area contributed by atoms with Gasteiger partial charge in [0.2, 0.25) is 0 Å². The SMILES string of the molecule is CC(C)c1ccc([N+](=O)[O-])s1.CC(C)c1cccs1.Cc1ccc(C(C)C)s1.Cc1ccsc1C(C)C.Cc1csc(C(C)C)c1. The van der Waals surface area contributed by atoms with E-state index in [9.17, 15) is 10.1 Å². The van der Waals surface area contributed by atoms with Gasteiger partial charge in [0.05, 0.1) is 4.92 Å². The quantitative estimate of drug-likeness (QED) is 0.130. The molecular formula is C38H55NO2S5. The Bertz CT molecular complexity index is 1450. The maximum absolute atomic E-state index is 10.3. The number of aryl methyl sites for hydroxylation is 3. The van der Waals surface area contributed by atoms with E-state index in [4.69, 9.17) is 0 Å². The molecule has 254 valence electrons. The molecule has 0 aromatic carbocycles. The van der Waals surface area contributed by atoms with E-state index in [1.165, 1.54) is 46.8 Å². The Kier molecular flexibility index (Phi) is 19.8. The lowest BCUT2D eigenvalue weighted by Crippen LogP contribution is -1.82. The van der Waals surface area contributed by atoms with Crippen molar-refractivity contribution < 1.29 is 4.92 Å². The molecule has 3 nitrogen and oxygen atoms in total. The molecule has 5 aromatic heterocycles. The van der Waals surface area contributed by atoms with Gasteiger partial charge < -0.3 is 0 Å². The van der Waals surface area contributed by atoms with Crippen LogP contribution in [0, 0.1) is 30.9 Å². The summed E-state index contributed by atoms with van der Waals surface area (Å²) in [6.45, 7) is 28.3. The van der Waals surface area contributed by atoms with Crippen LogP contribution in [0.5, 0.6) is 0 Å². The third-order valence-corrected chi connectivity index (χ3v) is 13.0. The summed E-state index contributed by atoms with van der Waals surface area (Å²) in [7, 11) is 0. The first-order valence-electron chi connectivity index (χ1n) is 16.0. The van der Waals surface area contributed by atoms with Crippen LogP contribution in [0.15, 0.2) is 64.7 Å². The summed E-state index contributed by atoms with van der Waals surface area (Å²) in [6.07, 6.45) is 0. The van der Waals surface area contributed by atoms with Crippen LogP contribution in [-0.4, -0.2) is 4.92 Å². The van der Waals surface area contributed by atoms with E-state index in [0.717, 1.165) is 4.88 Å². The van der Waals surface area contributed by atoms with Crippen LogP contribution in [0.25, 0.3) is 0 Å². The molecule has 0 bridgehead atoms. The van der Waals surface area contributed by atoms with Gasteiger partial charge in [-0.3, -0.25) is 10.1 Å². The Morgan fingerprint density at radius 1 is 0.587 bits per heavy atom. The molecule has 5 heterocycles. The summed E-state index contributed by atoms with van der Waals surface area (Å²) in [5, 5.41) is 17.0. The molecule has 0 aliphatic carbocycles. The van der Waals surface area contributed by atoms with Crippen LogP contribution in [0.2, 0.25) is 0 Å². The minimum absolute atomic E-state index is 0.230. The Morgan fingerprint density at radius 3 is 1.39 bits per heavy atom. The van der Waals surface area contributed by atoms with Gasteiger partial charge >= 0.3 is 5.00 Å². The normalized spacial score (nSPS) is 10.6. The minimum Gasteiger partial charge on any atom is -0.258 e. The number of thiophene rings is 5. The van der Waals surface area contributed by atoms with E-state index < -0.39 is 0 Å². The molecule has 0 saturated heterocycles. The van der Waals surface area contributed by atoms with Gasteiger partial charge in [-0.05, 0) is 114 Å². The summed E-state index contributed by atoms with van der Waals surface area (Å²) < 4.78 is 0. The first-order chi connectivity index (χ1) is 21.5. The van der Waals surface area contributed by atoms with Crippen molar-refractivity contribution in [3.05, 3.63) is 115 Å². The van der Waals surface area contributed by atoms with Gasteiger partial charge in [-0.15, -0.1) is 45.3 Å². The average Bonchev–Trinajstić information content (AvgIpc) is 3.81. The van der Waals surface area contributed by atoms with E-state index in [2.05, 4.69) is 129 Å². The molecule has 0 spiro atoms. The zero-order valence-corrected chi connectivity index (χ0v) is 34.1. The lowest BCUT2D eigenvalue weighted by molar-refractivity contribution is -0.380. The van der Waals surface area contributed by atoms with Gasteiger partial charge in [0, 0.05) is 35.3 Å². The van der Waals surface area contributed by atoms with Crippen LogP contribution in [0.1, 0.15) is 139 Å². The second-order valence-corrected chi connectivity index (χ2v) is 17.9. The van der Waals surface area contributed by atoms with Crippen LogP contribution >= 0.6 is 56.7 Å². The second kappa shape index (κ2) is 21.7. The van der Waals surface area contributed by atoms with Crippen molar-refractivity contribution in [2.75, 3.05) is 0 Å². The predicted octanol–water partition coefficient (Wildman–Crippen LogP) is 15.2. The lowest BCUT2D eigenvalue weighted by atomic mass is 10.1. The predicted molar refractivity (Wildman–Crippen MR) is 213 cm³/mol. The molecule has 5 rings (SSSR count). The van der Waals surface area contributed by atoms with Crippen molar-refractivity contribution in [1.82, 2.24) is 0 Å². The largest absolute Gasteiger partial charge is 0.324 e. The molecule has 5 aromatic rings. The van der Waals surface area contributed by atoms with E-state index in [0.29, 0.717) is 29.6 Å². The molecule has 0 atom stereocenters. The maximum atomic E-state index is 10.3. The highest BCUT2D eigenvalue weighted by atomic mass is 32.1. The Morgan fingerprint density at radius 2 is 1.15 bits per heavy atom. The van der Waals surface area contributed by atoms with Gasteiger partial charge in [-0.25, -0.2) is 0 Å². The average molecular weight is 718 g/mol. The highest BCUT2D eigenvalue weighted by molar-refractivity contribution is 7.15. The second-order valence-electron chi connectivity index (χ2n) is 12.7. The van der Waals surface area contributed by atoms with Crippen molar-refractivity contribution in [2.45, 2.75) is 120 Å². The maximum Gasteiger partial charge on any atom is 0.324 e. The Labute approximate surface area is 299 Å². The van der Waals surface area contributed by atoms with Gasteiger partial charge in [0.25, 0.3) is 0 Å². The van der Waals surface area contributed by atoms with Crippen LogP contribution < -0.4 is 0 Å². The molecular weight excluding hydrogens is 663 g/mol. The standard InChI is InChI=1S/3C8H12S.C7H9NO2S.C7H10S/c1-6(2)8-4-7(3)5-9-8;1-6(2)8-7(3)4-5-9-8;1-6(2)8-5-4-7(3)9-8;1-5(2)6-3-4-7(11-6)8(9)10;1-6(2)7-4-3-5-8-7/h3*4-6H,1-3H3;3-5H,1-2H3;3-6H,1-2H3. The van der Waals surface area contributed by atoms with E-state index >= 15 is 0 Å². The van der Waals surface area contributed by atoms with Crippen molar-refractivity contribution in [2.24, 2.45) is 0 Å². The van der Waals surface area contributed by atoms with Crippen LogP contribution in [-0.2, 0) is 0 Å². The zero-order chi connectivity index (χ0) is 35.0. The molecule has 0 radical (unpaired) electrons. The van der Waals surface area contributed by atoms with Gasteiger partial charge in [-0.1, -0.05) is 86.6 Å². The fourth-order valence-corrected chi connectivity index (χ4v) is 8.17. The summed E-state index contributed by atoms with van der Waals surface area (Å²) >= 11 is 8.69. The first kappa shape index (κ1) is 41.9. The molecule has 46 heavy (non-hydrogen) atoms. The van der Waals surface area contributed by atoms with Crippen molar-refractivity contribution in [3.63, 3.8) is 0 Å². The number of hydrogen-bond acceptors (Lipinski definition) is 7. The number of nitro groups is 1. The Hall–Kier alpha value is -2.10. The number of rotatable bonds is 6. The van der Waals surface area contributed by atoms with Gasteiger partial charge in [-0.2, -0.15) is 0 Å². The third kappa shape index (κ3) is 16.1. The van der Waals surface area contributed by atoms with Crippen molar-refractivity contribution in [1.29, 1.82) is 0 Å². The molecule has 0 N–H and O–H groups in total. The zero-order valence-electron chi connectivity index (χ0n) is 30.0. The number of hydrogen-bond donors (Lipinski definition) is 0. The molecule has 8 heteroatoms. The highest BCUT2D eigenvalue weighted by Crippen LogP contribution is 2.29. The lowest BCUT2D eigenvalue weighted by Gasteiger charge is -2.00. The summed E-state index contributed by atoms with van der Waals surface area (Å²) in [6, 6.07) is 16.5. The molecule has 0 saturated carbocycles. The topological polar surface area (TPSA) is 43.1 Å². The summed E-state index contributed by atoms with van der Waals surface area (Å²) in [4.78, 5) is 18.4. The van der Waals surface area contributed by atoms with Gasteiger partial charge in [0.1, 0.15) is 0 Å². The molecule has 0 amide bonds. The van der Waals surface area contributed by atoms with E-state index in [1.54, 1.807) is 6.07 Å². The Balaban J connectivity index is 0.000000289. The molecule has 0 aliphatic heterocycles. The smallest absolute Gasteiger partial charge is 0.258 e. The van der Waals surface area contributed by atoms with Crippen molar-refractivity contribution in [3.8, 4) is 0 Å². The fraction of sp³-hybridized carbons (Fsp3) is 0.474. The van der Waals surface area contributed by atoms with E-state index in [1.807, 2.05) is 65.3 Å².